The number of halogens is 1. The molecule has 102 valence electrons. The van der Waals surface area contributed by atoms with Crippen molar-refractivity contribution in [1.82, 2.24) is 9.80 Å². The van der Waals surface area contributed by atoms with Crippen LogP contribution in [-0.2, 0) is 0 Å². The summed E-state index contributed by atoms with van der Waals surface area (Å²) in [6.07, 6.45) is 1.80. The van der Waals surface area contributed by atoms with Gasteiger partial charge in [0.1, 0.15) is 0 Å². The monoisotopic (exact) mass is 280 g/mol. The number of fused-ring (bicyclic) bond motifs is 4. The SMILES string of the molecule is O=C(Oc1ccccc1Cl)N1CCN2CCC1CC2. The van der Waals surface area contributed by atoms with Gasteiger partial charge >= 0.3 is 6.09 Å². The third kappa shape index (κ3) is 2.69. The summed E-state index contributed by atoms with van der Waals surface area (Å²) in [5.74, 6) is 0.438. The third-order valence-corrected chi connectivity index (χ3v) is 4.24. The van der Waals surface area contributed by atoms with E-state index < -0.39 is 0 Å². The molecule has 1 aromatic carbocycles. The Labute approximate surface area is 117 Å². The van der Waals surface area contributed by atoms with Crippen LogP contribution in [0, 0.1) is 0 Å². The van der Waals surface area contributed by atoms with E-state index in [9.17, 15) is 4.79 Å². The Morgan fingerprint density at radius 2 is 1.89 bits per heavy atom. The number of amides is 1. The maximum atomic E-state index is 12.3. The lowest BCUT2D eigenvalue weighted by molar-refractivity contribution is 0.131. The molecule has 0 atom stereocenters. The highest BCUT2D eigenvalue weighted by Crippen LogP contribution is 2.26. The highest BCUT2D eigenvalue weighted by molar-refractivity contribution is 6.32. The molecular formula is C14H17ClN2O2. The minimum atomic E-state index is -0.276. The molecule has 4 nitrogen and oxygen atoms in total. The van der Waals surface area contributed by atoms with Crippen LogP contribution in [0.1, 0.15) is 12.8 Å². The first kappa shape index (κ1) is 12.8. The van der Waals surface area contributed by atoms with Crippen molar-refractivity contribution in [3.8, 4) is 5.75 Å². The minimum Gasteiger partial charge on any atom is -0.409 e. The molecule has 4 rings (SSSR count). The van der Waals surface area contributed by atoms with Crippen LogP contribution in [0.4, 0.5) is 4.79 Å². The van der Waals surface area contributed by atoms with E-state index >= 15 is 0 Å². The molecule has 0 N–H and O–H groups in total. The summed E-state index contributed by atoms with van der Waals surface area (Å²) in [4.78, 5) is 16.5. The van der Waals surface area contributed by atoms with Crippen LogP contribution in [0.3, 0.4) is 0 Å². The molecule has 5 heteroatoms. The molecule has 0 saturated carbocycles. The normalized spacial score (nSPS) is 26.1. The zero-order chi connectivity index (χ0) is 13.2. The molecule has 3 fully saturated rings. The molecular weight excluding hydrogens is 264 g/mol. The fourth-order valence-electron chi connectivity index (χ4n) is 2.81. The molecule has 1 aromatic rings. The summed E-state index contributed by atoms with van der Waals surface area (Å²) in [6.45, 7) is 3.85. The quantitative estimate of drug-likeness (QED) is 0.793. The van der Waals surface area contributed by atoms with Crippen molar-refractivity contribution in [2.75, 3.05) is 26.2 Å². The highest BCUT2D eigenvalue weighted by Gasteiger charge is 2.33. The van der Waals surface area contributed by atoms with Gasteiger partial charge < -0.3 is 14.5 Å². The Hall–Kier alpha value is -1.26. The second-order valence-electron chi connectivity index (χ2n) is 5.06. The number of benzene rings is 1. The molecule has 0 aromatic heterocycles. The van der Waals surface area contributed by atoms with E-state index in [1.807, 2.05) is 17.0 Å². The molecule has 3 heterocycles. The minimum absolute atomic E-state index is 0.276. The van der Waals surface area contributed by atoms with E-state index in [0.717, 1.165) is 39.0 Å². The summed E-state index contributed by atoms with van der Waals surface area (Å²) in [5.41, 5.74) is 0. The molecule has 3 aliphatic heterocycles. The first-order chi connectivity index (χ1) is 9.24. The van der Waals surface area contributed by atoms with Crippen molar-refractivity contribution in [2.24, 2.45) is 0 Å². The topological polar surface area (TPSA) is 32.8 Å². The van der Waals surface area contributed by atoms with E-state index in [2.05, 4.69) is 4.90 Å². The van der Waals surface area contributed by atoms with Crippen molar-refractivity contribution >= 4 is 17.7 Å². The molecule has 3 saturated heterocycles. The van der Waals surface area contributed by atoms with Gasteiger partial charge in [0.2, 0.25) is 0 Å². The summed E-state index contributed by atoms with van der Waals surface area (Å²) >= 11 is 6.01. The van der Waals surface area contributed by atoms with Gasteiger partial charge in [0.05, 0.1) is 5.02 Å². The highest BCUT2D eigenvalue weighted by atomic mass is 35.5. The summed E-state index contributed by atoms with van der Waals surface area (Å²) in [6, 6.07) is 7.39. The van der Waals surface area contributed by atoms with Gasteiger partial charge in [0, 0.05) is 32.2 Å². The Morgan fingerprint density at radius 1 is 1.16 bits per heavy atom. The number of rotatable bonds is 1. The fourth-order valence-corrected chi connectivity index (χ4v) is 2.98. The Balaban J connectivity index is 1.72. The second-order valence-corrected chi connectivity index (χ2v) is 5.47. The van der Waals surface area contributed by atoms with Gasteiger partial charge in [-0.25, -0.2) is 4.79 Å². The molecule has 0 radical (unpaired) electrons. The zero-order valence-electron chi connectivity index (χ0n) is 10.7. The van der Waals surface area contributed by atoms with Crippen LogP contribution in [0.2, 0.25) is 5.02 Å². The number of ether oxygens (including phenoxy) is 1. The maximum Gasteiger partial charge on any atom is 0.415 e. The van der Waals surface area contributed by atoms with Gasteiger partial charge in [-0.3, -0.25) is 0 Å². The molecule has 1 amide bonds. The number of hydrogen-bond donors (Lipinski definition) is 0. The fraction of sp³-hybridized carbons (Fsp3) is 0.500. The van der Waals surface area contributed by atoms with Crippen molar-refractivity contribution in [3.63, 3.8) is 0 Å². The van der Waals surface area contributed by atoms with E-state index in [1.54, 1.807) is 12.1 Å². The first-order valence-electron chi connectivity index (χ1n) is 6.69. The summed E-state index contributed by atoms with van der Waals surface area (Å²) in [7, 11) is 0. The average molecular weight is 281 g/mol. The number of piperidine rings is 1. The molecule has 3 aliphatic rings. The van der Waals surface area contributed by atoms with Crippen molar-refractivity contribution < 1.29 is 9.53 Å². The lowest BCUT2D eigenvalue weighted by Crippen LogP contribution is -2.43. The standard InChI is InChI=1S/C14H17ClN2O2/c15-12-3-1-2-4-13(12)19-14(18)17-10-9-16-7-5-11(17)6-8-16/h1-4,11H,5-10H2. The van der Waals surface area contributed by atoms with Gasteiger partial charge in [-0.2, -0.15) is 0 Å². The van der Waals surface area contributed by atoms with Crippen LogP contribution in [-0.4, -0.2) is 48.1 Å². The van der Waals surface area contributed by atoms with Crippen LogP contribution in [0.5, 0.6) is 5.75 Å². The lowest BCUT2D eigenvalue weighted by atomic mass is 10.1. The van der Waals surface area contributed by atoms with Crippen molar-refractivity contribution in [3.05, 3.63) is 29.3 Å². The predicted molar refractivity (Wildman–Crippen MR) is 73.6 cm³/mol. The van der Waals surface area contributed by atoms with Crippen molar-refractivity contribution in [2.45, 2.75) is 18.9 Å². The molecule has 0 aliphatic carbocycles. The molecule has 0 spiro atoms. The summed E-state index contributed by atoms with van der Waals surface area (Å²) in [5, 5.41) is 0.471. The Morgan fingerprint density at radius 3 is 2.63 bits per heavy atom. The van der Waals surface area contributed by atoms with Gasteiger partial charge in [-0.15, -0.1) is 0 Å². The zero-order valence-corrected chi connectivity index (χ0v) is 11.5. The largest absolute Gasteiger partial charge is 0.415 e. The number of carbonyl (C=O) groups is 1. The lowest BCUT2D eigenvalue weighted by Gasteiger charge is -2.30. The third-order valence-electron chi connectivity index (χ3n) is 3.92. The smallest absolute Gasteiger partial charge is 0.409 e. The van der Waals surface area contributed by atoms with Gasteiger partial charge in [-0.05, 0) is 25.0 Å². The number of carbonyl (C=O) groups excluding carboxylic acids is 1. The number of hydrogen-bond acceptors (Lipinski definition) is 3. The number of para-hydroxylation sites is 1. The van der Waals surface area contributed by atoms with Crippen LogP contribution < -0.4 is 4.74 Å². The van der Waals surface area contributed by atoms with E-state index in [1.165, 1.54) is 0 Å². The van der Waals surface area contributed by atoms with Crippen LogP contribution >= 0.6 is 11.6 Å². The number of nitrogens with zero attached hydrogens (tertiary/aromatic N) is 2. The van der Waals surface area contributed by atoms with Crippen molar-refractivity contribution in [1.29, 1.82) is 0 Å². The van der Waals surface area contributed by atoms with E-state index in [4.69, 9.17) is 16.3 Å². The van der Waals surface area contributed by atoms with E-state index in [0.29, 0.717) is 16.8 Å². The Bertz CT molecular complexity index is 472. The molecule has 0 unspecified atom stereocenters. The predicted octanol–water partition coefficient (Wildman–Crippen LogP) is 2.62. The van der Waals surface area contributed by atoms with Gasteiger partial charge in [0.25, 0.3) is 0 Å². The second kappa shape index (κ2) is 5.39. The van der Waals surface area contributed by atoms with E-state index in [-0.39, 0.29) is 6.09 Å². The molecule has 2 bridgehead atoms. The average Bonchev–Trinajstić information content (AvgIpc) is 2.75. The molecule has 19 heavy (non-hydrogen) atoms. The summed E-state index contributed by atoms with van der Waals surface area (Å²) < 4.78 is 5.43. The Kier molecular flexibility index (Phi) is 3.62. The van der Waals surface area contributed by atoms with Crippen LogP contribution in [0.25, 0.3) is 0 Å². The first-order valence-corrected chi connectivity index (χ1v) is 7.07. The van der Waals surface area contributed by atoms with Gasteiger partial charge in [0.15, 0.2) is 5.75 Å². The van der Waals surface area contributed by atoms with Crippen LogP contribution in [0.15, 0.2) is 24.3 Å². The van der Waals surface area contributed by atoms with Gasteiger partial charge in [-0.1, -0.05) is 23.7 Å². The maximum absolute atomic E-state index is 12.3.